The zero-order chi connectivity index (χ0) is 18.0. The summed E-state index contributed by atoms with van der Waals surface area (Å²) in [7, 11) is 0. The molecule has 2 aromatic rings. The van der Waals surface area contributed by atoms with Crippen molar-refractivity contribution in [1.29, 1.82) is 0 Å². The van der Waals surface area contributed by atoms with E-state index in [4.69, 9.17) is 13.9 Å². The Labute approximate surface area is 147 Å². The largest absolute Gasteiger partial charge is 0.466 e. The predicted molar refractivity (Wildman–Crippen MR) is 93.8 cm³/mol. The minimum atomic E-state index is -0.115. The molecule has 1 N–H and O–H groups in total. The molecule has 0 bridgehead atoms. The van der Waals surface area contributed by atoms with Crippen LogP contribution in [0.5, 0.6) is 11.5 Å². The summed E-state index contributed by atoms with van der Waals surface area (Å²) in [4.78, 5) is 14.4. The molecule has 25 heavy (non-hydrogen) atoms. The molecule has 0 fully saturated rings. The zero-order valence-electron chi connectivity index (χ0n) is 15.1. The molecule has 1 atom stereocenters. The minimum Gasteiger partial charge on any atom is -0.466 e. The summed E-state index contributed by atoms with van der Waals surface area (Å²) in [6, 6.07) is 7.50. The molecule has 0 saturated heterocycles. The summed E-state index contributed by atoms with van der Waals surface area (Å²) in [6.07, 6.45) is 0. The lowest BCUT2D eigenvalue weighted by Crippen LogP contribution is -2.40. The number of hydrogen-bond acceptors (Lipinski definition) is 4. The molecule has 0 saturated carbocycles. The Morgan fingerprint density at radius 1 is 1.24 bits per heavy atom. The number of urea groups is 1. The Morgan fingerprint density at radius 3 is 2.68 bits per heavy atom. The first-order valence-electron chi connectivity index (χ1n) is 8.48. The standard InChI is InChI=1S/C19H24N2O4/c1-5-21(10-15-6-7-17-18(9-15)24-11-23-17)19(22)20-13(3)16-8-12(2)25-14(16)4/h6-9,13H,5,10-11H2,1-4H3,(H,20,22). The Kier molecular flexibility index (Phi) is 4.88. The molecule has 0 aliphatic carbocycles. The molecule has 1 aliphatic heterocycles. The van der Waals surface area contributed by atoms with Gasteiger partial charge in [-0.3, -0.25) is 0 Å². The minimum absolute atomic E-state index is 0.106. The van der Waals surface area contributed by atoms with Crippen molar-refractivity contribution in [2.45, 2.75) is 40.3 Å². The number of rotatable bonds is 5. The normalized spacial score (nSPS) is 13.6. The second-order valence-corrected chi connectivity index (χ2v) is 6.24. The number of benzene rings is 1. The summed E-state index contributed by atoms with van der Waals surface area (Å²) >= 11 is 0. The van der Waals surface area contributed by atoms with E-state index in [1.54, 1.807) is 4.90 Å². The molecule has 3 rings (SSSR count). The van der Waals surface area contributed by atoms with Gasteiger partial charge < -0.3 is 24.1 Å². The number of ether oxygens (including phenoxy) is 2. The zero-order valence-corrected chi connectivity index (χ0v) is 15.1. The summed E-state index contributed by atoms with van der Waals surface area (Å²) < 4.78 is 16.3. The van der Waals surface area contributed by atoms with Gasteiger partial charge in [-0.05, 0) is 51.5 Å². The van der Waals surface area contributed by atoms with Gasteiger partial charge in [0.15, 0.2) is 11.5 Å². The van der Waals surface area contributed by atoms with Gasteiger partial charge in [0, 0.05) is 18.7 Å². The van der Waals surface area contributed by atoms with Crippen LogP contribution < -0.4 is 14.8 Å². The fourth-order valence-corrected chi connectivity index (χ4v) is 3.02. The van der Waals surface area contributed by atoms with Gasteiger partial charge in [0.25, 0.3) is 0 Å². The Bertz CT molecular complexity index is 769. The van der Waals surface area contributed by atoms with E-state index in [0.29, 0.717) is 13.1 Å². The molecule has 1 aromatic heterocycles. The van der Waals surface area contributed by atoms with Gasteiger partial charge in [-0.25, -0.2) is 4.79 Å². The van der Waals surface area contributed by atoms with Crippen LogP contribution in [0.3, 0.4) is 0 Å². The Hall–Kier alpha value is -2.63. The highest BCUT2D eigenvalue weighted by Crippen LogP contribution is 2.32. The highest BCUT2D eigenvalue weighted by atomic mass is 16.7. The summed E-state index contributed by atoms with van der Waals surface area (Å²) in [6.45, 7) is 9.11. The molecule has 1 aromatic carbocycles. The van der Waals surface area contributed by atoms with Crippen LogP contribution in [0.2, 0.25) is 0 Å². The third-order valence-corrected chi connectivity index (χ3v) is 4.37. The third kappa shape index (κ3) is 3.73. The average Bonchev–Trinajstić information content (AvgIpc) is 3.17. The van der Waals surface area contributed by atoms with E-state index in [9.17, 15) is 4.79 Å². The first-order valence-corrected chi connectivity index (χ1v) is 8.48. The highest BCUT2D eigenvalue weighted by molar-refractivity contribution is 5.74. The molecule has 1 aliphatic rings. The number of aryl methyl sites for hydroxylation is 2. The number of furan rings is 1. The Balaban J connectivity index is 1.66. The number of carbonyl (C=O) groups excluding carboxylic acids is 1. The summed E-state index contributed by atoms with van der Waals surface area (Å²) in [5.74, 6) is 3.16. The molecule has 6 heteroatoms. The van der Waals surface area contributed by atoms with Gasteiger partial charge in [-0.15, -0.1) is 0 Å². The van der Waals surface area contributed by atoms with Crippen molar-refractivity contribution in [2.24, 2.45) is 0 Å². The van der Waals surface area contributed by atoms with E-state index < -0.39 is 0 Å². The van der Waals surface area contributed by atoms with Gasteiger partial charge in [-0.1, -0.05) is 6.07 Å². The van der Waals surface area contributed by atoms with Crippen LogP contribution in [0.1, 0.15) is 42.5 Å². The van der Waals surface area contributed by atoms with Gasteiger partial charge in [-0.2, -0.15) is 0 Å². The SMILES string of the molecule is CCN(Cc1ccc2c(c1)OCO2)C(=O)NC(C)c1cc(C)oc1C. The van der Waals surface area contributed by atoms with E-state index in [0.717, 1.165) is 34.1 Å². The molecule has 0 spiro atoms. The molecule has 134 valence electrons. The third-order valence-electron chi connectivity index (χ3n) is 4.37. The number of nitrogens with zero attached hydrogens (tertiary/aromatic N) is 1. The van der Waals surface area contributed by atoms with Crippen LogP contribution >= 0.6 is 0 Å². The average molecular weight is 344 g/mol. The fraction of sp³-hybridized carbons (Fsp3) is 0.421. The van der Waals surface area contributed by atoms with E-state index >= 15 is 0 Å². The van der Waals surface area contributed by atoms with Crippen molar-refractivity contribution < 1.29 is 18.7 Å². The van der Waals surface area contributed by atoms with E-state index in [1.807, 2.05) is 52.0 Å². The van der Waals surface area contributed by atoms with Crippen molar-refractivity contribution >= 4 is 6.03 Å². The number of hydrogen-bond donors (Lipinski definition) is 1. The smallest absolute Gasteiger partial charge is 0.318 e. The van der Waals surface area contributed by atoms with Gasteiger partial charge in [0.1, 0.15) is 11.5 Å². The molecule has 6 nitrogen and oxygen atoms in total. The maximum absolute atomic E-state index is 12.6. The lowest BCUT2D eigenvalue weighted by molar-refractivity contribution is 0.173. The first kappa shape index (κ1) is 17.2. The van der Waals surface area contributed by atoms with Crippen LogP contribution in [0.4, 0.5) is 4.79 Å². The topological polar surface area (TPSA) is 63.9 Å². The lowest BCUT2D eigenvalue weighted by atomic mass is 10.1. The van der Waals surface area contributed by atoms with Gasteiger partial charge >= 0.3 is 6.03 Å². The van der Waals surface area contributed by atoms with Gasteiger partial charge in [0.05, 0.1) is 6.04 Å². The van der Waals surface area contributed by atoms with E-state index in [1.165, 1.54) is 0 Å². The first-order chi connectivity index (χ1) is 12.0. The molecule has 2 amide bonds. The molecule has 0 radical (unpaired) electrons. The second kappa shape index (κ2) is 7.09. The lowest BCUT2D eigenvalue weighted by Gasteiger charge is -2.24. The number of amides is 2. The van der Waals surface area contributed by atoms with Crippen LogP contribution in [0.25, 0.3) is 0 Å². The fourth-order valence-electron chi connectivity index (χ4n) is 3.02. The van der Waals surface area contributed by atoms with E-state index in [-0.39, 0.29) is 18.9 Å². The number of carbonyl (C=O) groups is 1. The van der Waals surface area contributed by atoms with Gasteiger partial charge in [0.2, 0.25) is 6.79 Å². The van der Waals surface area contributed by atoms with Crippen LogP contribution in [-0.2, 0) is 6.54 Å². The highest BCUT2D eigenvalue weighted by Gasteiger charge is 2.20. The van der Waals surface area contributed by atoms with Crippen molar-refractivity contribution in [3.8, 4) is 11.5 Å². The van der Waals surface area contributed by atoms with Crippen molar-refractivity contribution in [3.63, 3.8) is 0 Å². The van der Waals surface area contributed by atoms with Crippen molar-refractivity contribution in [3.05, 3.63) is 46.9 Å². The number of nitrogens with one attached hydrogen (secondary N) is 1. The predicted octanol–water partition coefficient (Wildman–Crippen LogP) is 3.92. The monoisotopic (exact) mass is 344 g/mol. The van der Waals surface area contributed by atoms with Crippen LogP contribution in [0.15, 0.2) is 28.7 Å². The molecule has 1 unspecified atom stereocenters. The van der Waals surface area contributed by atoms with E-state index in [2.05, 4.69) is 5.32 Å². The van der Waals surface area contributed by atoms with Crippen molar-refractivity contribution in [1.82, 2.24) is 10.2 Å². The quantitative estimate of drug-likeness (QED) is 0.893. The van der Waals surface area contributed by atoms with Crippen LogP contribution in [0, 0.1) is 13.8 Å². The number of fused-ring (bicyclic) bond motifs is 1. The second-order valence-electron chi connectivity index (χ2n) is 6.24. The Morgan fingerprint density at radius 2 is 2.00 bits per heavy atom. The maximum Gasteiger partial charge on any atom is 0.318 e. The summed E-state index contributed by atoms with van der Waals surface area (Å²) in [5, 5.41) is 3.04. The molecular formula is C19H24N2O4. The maximum atomic E-state index is 12.6. The van der Waals surface area contributed by atoms with Crippen molar-refractivity contribution in [2.75, 3.05) is 13.3 Å². The molecule has 2 heterocycles. The molecular weight excluding hydrogens is 320 g/mol. The summed E-state index contributed by atoms with van der Waals surface area (Å²) in [5.41, 5.74) is 2.01. The van der Waals surface area contributed by atoms with Crippen LogP contribution in [-0.4, -0.2) is 24.3 Å².